The lowest BCUT2D eigenvalue weighted by Gasteiger charge is -2.42. The molecule has 0 unspecified atom stereocenters. The van der Waals surface area contributed by atoms with Crippen molar-refractivity contribution in [2.24, 2.45) is 0 Å². The molecule has 0 N–H and O–H groups in total. The lowest BCUT2D eigenvalue weighted by Crippen LogP contribution is -2.48. The molecule has 5 rings (SSSR count). The maximum absolute atomic E-state index is 12.9. The van der Waals surface area contributed by atoms with E-state index in [4.69, 9.17) is 4.42 Å². The van der Waals surface area contributed by atoms with E-state index in [9.17, 15) is 4.79 Å². The molecule has 0 saturated carbocycles. The van der Waals surface area contributed by atoms with Crippen LogP contribution in [0.3, 0.4) is 0 Å². The summed E-state index contributed by atoms with van der Waals surface area (Å²) in [5.41, 5.74) is 3.48. The monoisotopic (exact) mass is 390 g/mol. The Bertz CT molecular complexity index is 970. The summed E-state index contributed by atoms with van der Waals surface area (Å²) in [5.74, 6) is 0.815. The van der Waals surface area contributed by atoms with Crippen LogP contribution >= 0.6 is 0 Å². The number of hydrogen-bond acceptors (Lipinski definition) is 4. The van der Waals surface area contributed by atoms with Crippen molar-refractivity contribution in [3.8, 4) is 0 Å². The highest BCUT2D eigenvalue weighted by Crippen LogP contribution is 2.31. The zero-order chi connectivity index (χ0) is 19.6. The van der Waals surface area contributed by atoms with Crippen molar-refractivity contribution < 1.29 is 9.21 Å². The van der Waals surface area contributed by atoms with Gasteiger partial charge in [-0.15, -0.1) is 0 Å². The van der Waals surface area contributed by atoms with E-state index in [1.54, 1.807) is 17.1 Å². The summed E-state index contributed by atoms with van der Waals surface area (Å²) in [6.07, 6.45) is 9.60. The third-order valence-electron chi connectivity index (χ3n) is 6.12. The number of aryl methyl sites for hydroxylation is 1. The Labute approximate surface area is 170 Å². The van der Waals surface area contributed by atoms with Gasteiger partial charge in [-0.1, -0.05) is 18.2 Å². The summed E-state index contributed by atoms with van der Waals surface area (Å²) >= 11 is 0. The van der Waals surface area contributed by atoms with Gasteiger partial charge in [0.05, 0.1) is 12.1 Å². The Hall–Kier alpha value is -3.02. The van der Waals surface area contributed by atoms with Gasteiger partial charge in [-0.05, 0) is 49.4 Å². The van der Waals surface area contributed by atoms with Gasteiger partial charge >= 0.3 is 0 Å². The van der Waals surface area contributed by atoms with E-state index in [0.29, 0.717) is 18.2 Å². The fraction of sp³-hybridized carbons (Fsp3) is 0.391. The highest BCUT2D eigenvalue weighted by molar-refractivity contribution is 5.94. The summed E-state index contributed by atoms with van der Waals surface area (Å²) in [6, 6.07) is 13.0. The lowest BCUT2D eigenvalue weighted by atomic mass is 9.95. The number of amides is 1. The minimum Gasteiger partial charge on any atom is -0.467 e. The molecule has 1 saturated heterocycles. The van der Waals surface area contributed by atoms with E-state index in [1.807, 2.05) is 23.2 Å². The number of likely N-dealkylation sites (tertiary alicyclic amines) is 1. The number of piperidine rings is 1. The second-order valence-corrected chi connectivity index (χ2v) is 7.95. The third kappa shape index (κ3) is 3.67. The van der Waals surface area contributed by atoms with Gasteiger partial charge < -0.3 is 14.2 Å². The largest absolute Gasteiger partial charge is 0.467 e. The molecule has 150 valence electrons. The number of nitrogens with zero attached hydrogens (tertiary/aromatic N) is 4. The summed E-state index contributed by atoms with van der Waals surface area (Å²) in [5, 5.41) is 4.18. The first-order valence-corrected chi connectivity index (χ1v) is 10.5. The van der Waals surface area contributed by atoms with E-state index in [2.05, 4.69) is 34.3 Å². The standard InChI is InChI=1S/C23H26N4O2/c28-23(19-15-21(29-17-19)16-26-11-4-10-24-26)25-13-8-20(9-14-25)27-12-3-6-18-5-1-2-7-22(18)27/h1-2,4-5,7,10-11,15,17,20H,3,6,8-9,12-14,16H2. The van der Waals surface area contributed by atoms with Crippen LogP contribution in [0.4, 0.5) is 5.69 Å². The Balaban J connectivity index is 1.21. The number of para-hydroxylation sites is 1. The Morgan fingerprint density at radius 3 is 2.83 bits per heavy atom. The Morgan fingerprint density at radius 2 is 2.00 bits per heavy atom. The first kappa shape index (κ1) is 18.0. The molecule has 6 nitrogen and oxygen atoms in total. The highest BCUT2D eigenvalue weighted by Gasteiger charge is 2.30. The topological polar surface area (TPSA) is 54.5 Å². The van der Waals surface area contributed by atoms with Gasteiger partial charge in [0.25, 0.3) is 5.91 Å². The van der Waals surface area contributed by atoms with Crippen LogP contribution in [0, 0.1) is 0 Å². The average molecular weight is 390 g/mol. The van der Waals surface area contributed by atoms with Crippen molar-refractivity contribution in [3.05, 3.63) is 71.9 Å². The molecule has 0 bridgehead atoms. The minimum absolute atomic E-state index is 0.0676. The van der Waals surface area contributed by atoms with Crippen LogP contribution in [0.15, 0.2) is 59.5 Å². The molecule has 0 spiro atoms. The van der Waals surface area contributed by atoms with Gasteiger partial charge in [0.1, 0.15) is 12.0 Å². The molecule has 0 aliphatic carbocycles. The average Bonchev–Trinajstić information content (AvgIpc) is 3.46. The van der Waals surface area contributed by atoms with Crippen LogP contribution in [0.25, 0.3) is 0 Å². The van der Waals surface area contributed by atoms with Crippen molar-refractivity contribution >= 4 is 11.6 Å². The predicted octanol–water partition coefficient (Wildman–Crippen LogP) is 3.58. The van der Waals surface area contributed by atoms with Crippen LogP contribution in [0.2, 0.25) is 0 Å². The molecule has 29 heavy (non-hydrogen) atoms. The quantitative estimate of drug-likeness (QED) is 0.683. The fourth-order valence-corrected chi connectivity index (χ4v) is 4.63. The number of furan rings is 1. The van der Waals surface area contributed by atoms with Crippen molar-refractivity contribution in [1.29, 1.82) is 0 Å². The van der Waals surface area contributed by atoms with Gasteiger partial charge in [-0.3, -0.25) is 9.48 Å². The summed E-state index contributed by atoms with van der Waals surface area (Å²) < 4.78 is 7.38. The SMILES string of the molecule is O=C(c1coc(Cn2cccn2)c1)N1CCC(N2CCCc3ccccc32)CC1. The summed E-state index contributed by atoms with van der Waals surface area (Å²) in [7, 11) is 0. The number of carbonyl (C=O) groups is 1. The van der Waals surface area contributed by atoms with Gasteiger partial charge in [0.15, 0.2) is 0 Å². The molecule has 4 heterocycles. The molecular formula is C23H26N4O2. The molecule has 0 radical (unpaired) electrons. The zero-order valence-corrected chi connectivity index (χ0v) is 16.5. The molecule has 1 aromatic carbocycles. The van der Waals surface area contributed by atoms with E-state index in [-0.39, 0.29) is 5.91 Å². The third-order valence-corrected chi connectivity index (χ3v) is 6.12. The lowest BCUT2D eigenvalue weighted by molar-refractivity contribution is 0.0711. The molecule has 2 aliphatic rings. The molecule has 1 amide bonds. The van der Waals surface area contributed by atoms with Crippen LogP contribution < -0.4 is 4.90 Å². The van der Waals surface area contributed by atoms with Gasteiger partial charge in [0, 0.05) is 43.8 Å². The first-order valence-electron chi connectivity index (χ1n) is 10.5. The molecule has 2 aliphatic heterocycles. The van der Waals surface area contributed by atoms with Crippen LogP contribution in [0.5, 0.6) is 0 Å². The molecule has 1 fully saturated rings. The van der Waals surface area contributed by atoms with Crippen LogP contribution in [-0.4, -0.2) is 46.3 Å². The minimum atomic E-state index is 0.0676. The number of aromatic nitrogens is 2. The maximum Gasteiger partial charge on any atom is 0.257 e. The second-order valence-electron chi connectivity index (χ2n) is 7.95. The number of benzene rings is 1. The number of anilines is 1. The molecule has 0 atom stereocenters. The first-order chi connectivity index (χ1) is 14.3. The molecule has 2 aromatic heterocycles. The Morgan fingerprint density at radius 1 is 1.14 bits per heavy atom. The predicted molar refractivity (Wildman–Crippen MR) is 111 cm³/mol. The molecule has 3 aromatic rings. The number of fused-ring (bicyclic) bond motifs is 1. The number of hydrogen-bond donors (Lipinski definition) is 0. The number of carbonyl (C=O) groups excluding carboxylic acids is 1. The van der Waals surface area contributed by atoms with Crippen molar-refractivity contribution in [1.82, 2.24) is 14.7 Å². The van der Waals surface area contributed by atoms with Gasteiger partial charge in [-0.25, -0.2) is 0 Å². The van der Waals surface area contributed by atoms with Crippen molar-refractivity contribution in [2.45, 2.75) is 38.3 Å². The highest BCUT2D eigenvalue weighted by atomic mass is 16.3. The van der Waals surface area contributed by atoms with Crippen LogP contribution in [0.1, 0.15) is 40.9 Å². The van der Waals surface area contributed by atoms with E-state index in [1.165, 1.54) is 24.1 Å². The second kappa shape index (κ2) is 7.78. The van der Waals surface area contributed by atoms with E-state index in [0.717, 1.165) is 38.2 Å². The fourth-order valence-electron chi connectivity index (χ4n) is 4.63. The number of rotatable bonds is 4. The summed E-state index contributed by atoms with van der Waals surface area (Å²) in [6.45, 7) is 3.24. The maximum atomic E-state index is 12.9. The summed E-state index contributed by atoms with van der Waals surface area (Å²) in [4.78, 5) is 17.5. The van der Waals surface area contributed by atoms with E-state index >= 15 is 0 Å². The van der Waals surface area contributed by atoms with Crippen molar-refractivity contribution in [2.75, 3.05) is 24.5 Å². The van der Waals surface area contributed by atoms with Gasteiger partial charge in [0.2, 0.25) is 0 Å². The molecule has 6 heteroatoms. The normalized spacial score (nSPS) is 17.4. The van der Waals surface area contributed by atoms with Crippen molar-refractivity contribution in [3.63, 3.8) is 0 Å². The van der Waals surface area contributed by atoms with Gasteiger partial charge in [-0.2, -0.15) is 5.10 Å². The van der Waals surface area contributed by atoms with Crippen LogP contribution in [-0.2, 0) is 13.0 Å². The zero-order valence-electron chi connectivity index (χ0n) is 16.5. The molecular weight excluding hydrogens is 364 g/mol. The van der Waals surface area contributed by atoms with E-state index < -0.39 is 0 Å². The Kier molecular flexibility index (Phi) is 4.84. The smallest absolute Gasteiger partial charge is 0.257 e.